The second-order valence-corrected chi connectivity index (χ2v) is 5.66. The van der Waals surface area contributed by atoms with Gasteiger partial charge in [0.2, 0.25) is 5.91 Å². The molecule has 0 bridgehead atoms. The van der Waals surface area contributed by atoms with Gasteiger partial charge in [0.1, 0.15) is 0 Å². The number of hydrogen-bond donors (Lipinski definition) is 2. The van der Waals surface area contributed by atoms with E-state index in [4.69, 9.17) is 0 Å². The van der Waals surface area contributed by atoms with Gasteiger partial charge < -0.3 is 10.6 Å². The van der Waals surface area contributed by atoms with E-state index in [1.165, 1.54) is 37.7 Å². The number of carbonyl (C=O) groups is 1. The van der Waals surface area contributed by atoms with Crippen molar-refractivity contribution in [3.05, 3.63) is 35.9 Å². The Balaban J connectivity index is 1.98. The van der Waals surface area contributed by atoms with Crippen LogP contribution >= 0.6 is 0 Å². The third-order valence-electron chi connectivity index (χ3n) is 4.28. The van der Waals surface area contributed by atoms with Crippen LogP contribution in [0.1, 0.15) is 50.1 Å². The van der Waals surface area contributed by atoms with Crippen molar-refractivity contribution in [2.45, 2.75) is 44.6 Å². The molecule has 0 saturated heterocycles. The van der Waals surface area contributed by atoms with E-state index in [1.54, 1.807) is 7.05 Å². The van der Waals surface area contributed by atoms with Gasteiger partial charge in [-0.15, -0.1) is 0 Å². The molecule has 3 nitrogen and oxygen atoms in total. The minimum Gasteiger partial charge on any atom is -0.359 e. The Morgan fingerprint density at radius 2 is 1.90 bits per heavy atom. The maximum Gasteiger partial charge on any atom is 0.221 e. The van der Waals surface area contributed by atoms with Crippen LogP contribution in [0.4, 0.5) is 0 Å². The molecule has 1 aliphatic carbocycles. The molecule has 1 unspecified atom stereocenters. The van der Waals surface area contributed by atoms with Crippen LogP contribution in [0, 0.1) is 5.92 Å². The van der Waals surface area contributed by atoms with E-state index in [-0.39, 0.29) is 5.91 Å². The second-order valence-electron chi connectivity index (χ2n) is 5.66. The third kappa shape index (κ3) is 4.34. The molecule has 2 rings (SSSR count). The summed E-state index contributed by atoms with van der Waals surface area (Å²) in [5, 5.41) is 6.29. The topological polar surface area (TPSA) is 41.1 Å². The minimum absolute atomic E-state index is 0.105. The quantitative estimate of drug-likeness (QED) is 0.837. The van der Waals surface area contributed by atoms with Gasteiger partial charge in [-0.2, -0.15) is 0 Å². The molecule has 1 aromatic carbocycles. The summed E-state index contributed by atoms with van der Waals surface area (Å²) in [6, 6.07) is 11.1. The van der Waals surface area contributed by atoms with Crippen molar-refractivity contribution in [3.8, 4) is 0 Å². The van der Waals surface area contributed by atoms with Crippen LogP contribution in [0.15, 0.2) is 30.3 Å². The number of benzene rings is 1. The maximum atomic E-state index is 11.4. The Morgan fingerprint density at radius 3 is 2.55 bits per heavy atom. The zero-order chi connectivity index (χ0) is 14.2. The first-order valence-corrected chi connectivity index (χ1v) is 7.80. The molecule has 1 aromatic rings. The van der Waals surface area contributed by atoms with E-state index in [0.717, 1.165) is 6.54 Å². The Kier molecular flexibility index (Phi) is 6.06. The predicted molar refractivity (Wildman–Crippen MR) is 82.4 cm³/mol. The zero-order valence-corrected chi connectivity index (χ0v) is 12.4. The van der Waals surface area contributed by atoms with Crippen LogP contribution in [-0.4, -0.2) is 19.5 Å². The highest BCUT2D eigenvalue weighted by Crippen LogP contribution is 2.34. The van der Waals surface area contributed by atoms with Gasteiger partial charge in [-0.3, -0.25) is 4.79 Å². The highest BCUT2D eigenvalue weighted by molar-refractivity contribution is 5.75. The van der Waals surface area contributed by atoms with E-state index in [2.05, 4.69) is 41.0 Å². The van der Waals surface area contributed by atoms with E-state index in [0.29, 0.717) is 18.4 Å². The van der Waals surface area contributed by atoms with Gasteiger partial charge >= 0.3 is 0 Å². The lowest BCUT2D eigenvalue weighted by Gasteiger charge is -2.31. The van der Waals surface area contributed by atoms with Crippen LogP contribution in [0.2, 0.25) is 0 Å². The van der Waals surface area contributed by atoms with E-state index >= 15 is 0 Å². The molecule has 110 valence electrons. The zero-order valence-electron chi connectivity index (χ0n) is 12.4. The highest BCUT2D eigenvalue weighted by Gasteiger charge is 2.24. The lowest BCUT2D eigenvalue weighted by atomic mass is 9.81. The van der Waals surface area contributed by atoms with Crippen LogP contribution in [-0.2, 0) is 4.79 Å². The average Bonchev–Trinajstić information content (AvgIpc) is 2.53. The number of nitrogens with one attached hydrogen (secondary N) is 2. The van der Waals surface area contributed by atoms with Crippen LogP contribution in [0.25, 0.3) is 0 Å². The summed E-state index contributed by atoms with van der Waals surface area (Å²) >= 11 is 0. The molecule has 20 heavy (non-hydrogen) atoms. The van der Waals surface area contributed by atoms with Crippen LogP contribution in [0.5, 0.6) is 0 Å². The first-order valence-electron chi connectivity index (χ1n) is 7.80. The molecule has 2 N–H and O–H groups in total. The summed E-state index contributed by atoms with van der Waals surface area (Å²) in [5.41, 5.74) is 1.36. The monoisotopic (exact) mass is 274 g/mol. The number of amides is 1. The van der Waals surface area contributed by atoms with Crippen molar-refractivity contribution in [3.63, 3.8) is 0 Å². The van der Waals surface area contributed by atoms with Gasteiger partial charge in [-0.25, -0.2) is 0 Å². The molecule has 3 heteroatoms. The summed E-state index contributed by atoms with van der Waals surface area (Å²) in [5.74, 6) is 0.809. The molecule has 1 amide bonds. The molecular weight excluding hydrogens is 248 g/mol. The fraction of sp³-hybridized carbons (Fsp3) is 0.588. The van der Waals surface area contributed by atoms with Gasteiger partial charge in [0.15, 0.2) is 0 Å². The van der Waals surface area contributed by atoms with Gasteiger partial charge in [0.05, 0.1) is 0 Å². The molecule has 1 aliphatic rings. The van der Waals surface area contributed by atoms with Crippen molar-refractivity contribution in [2.75, 3.05) is 13.6 Å². The average molecular weight is 274 g/mol. The largest absolute Gasteiger partial charge is 0.359 e. The van der Waals surface area contributed by atoms with Crippen molar-refractivity contribution in [1.82, 2.24) is 10.6 Å². The van der Waals surface area contributed by atoms with E-state index in [1.807, 2.05) is 0 Å². The normalized spacial score (nSPS) is 17.6. The first kappa shape index (κ1) is 15.0. The lowest BCUT2D eigenvalue weighted by Crippen LogP contribution is -2.32. The number of hydrogen-bond acceptors (Lipinski definition) is 2. The van der Waals surface area contributed by atoms with Crippen molar-refractivity contribution in [2.24, 2.45) is 5.92 Å². The molecule has 1 saturated carbocycles. The third-order valence-corrected chi connectivity index (χ3v) is 4.28. The minimum atomic E-state index is 0.105. The molecule has 0 aromatic heterocycles. The predicted octanol–water partition coefficient (Wildman–Crippen LogP) is 3.03. The van der Waals surface area contributed by atoms with Crippen LogP contribution < -0.4 is 10.6 Å². The molecule has 0 heterocycles. The smallest absolute Gasteiger partial charge is 0.221 e. The molecule has 1 atom stereocenters. The molecule has 0 aliphatic heterocycles. The fourth-order valence-corrected chi connectivity index (χ4v) is 3.15. The van der Waals surface area contributed by atoms with Crippen molar-refractivity contribution in [1.29, 1.82) is 0 Å². The van der Waals surface area contributed by atoms with Crippen molar-refractivity contribution >= 4 is 5.91 Å². The molecule has 0 radical (unpaired) electrons. The number of carbonyl (C=O) groups excluding carboxylic acids is 1. The van der Waals surface area contributed by atoms with E-state index in [9.17, 15) is 4.79 Å². The summed E-state index contributed by atoms with van der Waals surface area (Å²) in [4.78, 5) is 11.4. The second kappa shape index (κ2) is 8.05. The first-order chi connectivity index (χ1) is 9.81. The molecular formula is C17H26N2O. The Hall–Kier alpha value is -1.35. The summed E-state index contributed by atoms with van der Waals surface area (Å²) < 4.78 is 0. The fourth-order valence-electron chi connectivity index (χ4n) is 3.15. The summed E-state index contributed by atoms with van der Waals surface area (Å²) in [6.07, 6.45) is 7.19. The molecule has 1 fully saturated rings. The van der Waals surface area contributed by atoms with Gasteiger partial charge in [0.25, 0.3) is 0 Å². The summed E-state index contributed by atoms with van der Waals surface area (Å²) in [7, 11) is 1.69. The number of rotatable bonds is 6. The highest BCUT2D eigenvalue weighted by atomic mass is 16.1. The van der Waals surface area contributed by atoms with Gasteiger partial charge in [-0.05, 0) is 24.3 Å². The van der Waals surface area contributed by atoms with E-state index < -0.39 is 0 Å². The molecule has 0 spiro atoms. The Labute approximate surface area is 122 Å². The van der Waals surface area contributed by atoms with Crippen molar-refractivity contribution < 1.29 is 4.79 Å². The summed E-state index contributed by atoms with van der Waals surface area (Å²) in [6.45, 7) is 0.746. The lowest BCUT2D eigenvalue weighted by molar-refractivity contribution is -0.120. The Bertz CT molecular complexity index is 399. The van der Waals surface area contributed by atoms with Gasteiger partial charge in [0, 0.05) is 26.1 Å². The maximum absolute atomic E-state index is 11.4. The standard InChI is InChI=1S/C17H26N2O/c1-18-16(20)12-13-19-17(14-8-4-2-5-9-14)15-10-6-3-7-11-15/h2,4-5,8-9,15,17,19H,3,6-7,10-13H2,1H3,(H,18,20). The van der Waals surface area contributed by atoms with Crippen LogP contribution in [0.3, 0.4) is 0 Å². The SMILES string of the molecule is CNC(=O)CCNC(c1ccccc1)C1CCCCC1. The van der Waals surface area contributed by atoms with Gasteiger partial charge in [-0.1, -0.05) is 49.6 Å². The Morgan fingerprint density at radius 1 is 1.20 bits per heavy atom.